The van der Waals surface area contributed by atoms with Gasteiger partial charge in [0.25, 0.3) is 0 Å². The molecule has 0 spiro atoms. The Hall–Kier alpha value is -1.56. The van der Waals surface area contributed by atoms with Crippen molar-refractivity contribution in [2.45, 2.75) is 13.0 Å². The number of amides is 1. The molecule has 1 rings (SSSR count). The minimum atomic E-state index is -0.433. The van der Waals surface area contributed by atoms with Gasteiger partial charge in [0.05, 0.1) is 6.07 Å². The third-order valence-electron chi connectivity index (χ3n) is 1.45. The molecular formula is C8H8N2O. The van der Waals surface area contributed by atoms with Gasteiger partial charge < -0.3 is 0 Å². The van der Waals surface area contributed by atoms with Crippen LogP contribution < -0.4 is 0 Å². The molecule has 11 heavy (non-hydrogen) atoms. The molecule has 0 aromatic heterocycles. The highest BCUT2D eigenvalue weighted by molar-refractivity contribution is 5.75. The molecule has 56 valence electrons. The maximum atomic E-state index is 10.9. The second-order valence-corrected chi connectivity index (χ2v) is 2.23. The molecule has 1 unspecified atom stereocenters. The van der Waals surface area contributed by atoms with Crippen molar-refractivity contribution >= 4 is 5.91 Å². The second kappa shape index (κ2) is 3.02. The van der Waals surface area contributed by atoms with Gasteiger partial charge in [-0.15, -0.1) is 0 Å². The molecule has 0 saturated heterocycles. The lowest BCUT2D eigenvalue weighted by atomic mass is 10.2. The van der Waals surface area contributed by atoms with Crippen LogP contribution in [0.1, 0.15) is 6.92 Å². The number of nitriles is 1. The summed E-state index contributed by atoms with van der Waals surface area (Å²) in [6, 6.07) is 1.57. The quantitative estimate of drug-likeness (QED) is 0.510. The first-order chi connectivity index (χ1) is 5.25. The minimum Gasteiger partial charge on any atom is -0.299 e. The molecule has 1 aliphatic rings. The van der Waals surface area contributed by atoms with Crippen molar-refractivity contribution in [1.82, 2.24) is 4.90 Å². The highest BCUT2D eigenvalue weighted by Crippen LogP contribution is 2.06. The maximum absolute atomic E-state index is 10.9. The lowest BCUT2D eigenvalue weighted by molar-refractivity contribution is -0.126. The van der Waals surface area contributed by atoms with E-state index in [1.165, 1.54) is 11.8 Å². The van der Waals surface area contributed by atoms with Crippen LogP contribution in [0.15, 0.2) is 24.4 Å². The van der Waals surface area contributed by atoms with Crippen molar-refractivity contribution in [3.63, 3.8) is 0 Å². The fourth-order valence-corrected chi connectivity index (χ4v) is 0.903. The van der Waals surface area contributed by atoms with Crippen LogP contribution in [-0.4, -0.2) is 16.8 Å². The molecule has 0 N–H and O–H groups in total. The molecule has 0 bridgehead atoms. The van der Waals surface area contributed by atoms with Gasteiger partial charge in [0.1, 0.15) is 6.04 Å². The van der Waals surface area contributed by atoms with E-state index < -0.39 is 6.04 Å². The summed E-state index contributed by atoms with van der Waals surface area (Å²) in [6.45, 7) is 1.44. The zero-order valence-electron chi connectivity index (χ0n) is 6.19. The van der Waals surface area contributed by atoms with Crippen LogP contribution in [0.25, 0.3) is 0 Å². The van der Waals surface area contributed by atoms with Crippen LogP contribution >= 0.6 is 0 Å². The van der Waals surface area contributed by atoms with Gasteiger partial charge in [0, 0.05) is 13.1 Å². The molecule has 0 aromatic rings. The lowest BCUT2D eigenvalue weighted by Crippen LogP contribution is -2.33. The van der Waals surface area contributed by atoms with Crippen LogP contribution in [-0.2, 0) is 4.79 Å². The Bertz CT molecular complexity index is 260. The number of rotatable bonds is 0. The number of allylic oxidation sites excluding steroid dienone is 2. The van der Waals surface area contributed by atoms with E-state index in [4.69, 9.17) is 5.26 Å². The fourth-order valence-electron chi connectivity index (χ4n) is 0.903. The topological polar surface area (TPSA) is 44.1 Å². The van der Waals surface area contributed by atoms with E-state index in [1.807, 2.05) is 6.07 Å². The van der Waals surface area contributed by atoms with Gasteiger partial charge in [0.15, 0.2) is 0 Å². The summed E-state index contributed by atoms with van der Waals surface area (Å²) >= 11 is 0. The Kier molecular flexibility index (Phi) is 2.07. The summed E-state index contributed by atoms with van der Waals surface area (Å²) in [7, 11) is 0. The fraction of sp³-hybridized carbons (Fsp3) is 0.250. The zero-order valence-corrected chi connectivity index (χ0v) is 6.19. The van der Waals surface area contributed by atoms with Crippen molar-refractivity contribution in [1.29, 1.82) is 5.26 Å². The van der Waals surface area contributed by atoms with Gasteiger partial charge in [0.2, 0.25) is 5.91 Å². The summed E-state index contributed by atoms with van der Waals surface area (Å²) in [5, 5.41) is 8.58. The smallest absolute Gasteiger partial charge is 0.224 e. The van der Waals surface area contributed by atoms with Crippen molar-refractivity contribution in [2.24, 2.45) is 0 Å². The standard InChI is InChI=1S/C8H8N2O/c1-7(11)10-5-3-2-4-8(10)6-9/h2-5,8H,1H3. The van der Waals surface area contributed by atoms with E-state index in [-0.39, 0.29) is 5.91 Å². The van der Waals surface area contributed by atoms with Crippen molar-refractivity contribution in [3.8, 4) is 6.07 Å². The SMILES string of the molecule is CC(=O)N1C=CC=CC1C#N. The van der Waals surface area contributed by atoms with Gasteiger partial charge in [-0.1, -0.05) is 6.08 Å². The van der Waals surface area contributed by atoms with Gasteiger partial charge in [-0.3, -0.25) is 9.69 Å². The van der Waals surface area contributed by atoms with Crippen molar-refractivity contribution in [3.05, 3.63) is 24.4 Å². The molecule has 0 aliphatic carbocycles. The van der Waals surface area contributed by atoms with Gasteiger partial charge >= 0.3 is 0 Å². The predicted octanol–water partition coefficient (Wildman–Crippen LogP) is 0.811. The van der Waals surface area contributed by atoms with E-state index in [2.05, 4.69) is 0 Å². The van der Waals surface area contributed by atoms with E-state index >= 15 is 0 Å². The minimum absolute atomic E-state index is 0.114. The summed E-state index contributed by atoms with van der Waals surface area (Å²) in [4.78, 5) is 12.2. The summed E-state index contributed by atoms with van der Waals surface area (Å²) in [6.07, 6.45) is 6.78. The zero-order chi connectivity index (χ0) is 8.27. The Morgan fingerprint density at radius 2 is 2.36 bits per heavy atom. The molecular weight excluding hydrogens is 140 g/mol. The number of carbonyl (C=O) groups is 1. The molecule has 0 fully saturated rings. The average molecular weight is 148 g/mol. The molecule has 1 heterocycles. The normalized spacial score (nSPS) is 21.5. The molecule has 1 atom stereocenters. The van der Waals surface area contributed by atoms with Crippen LogP contribution in [0, 0.1) is 11.3 Å². The van der Waals surface area contributed by atoms with Gasteiger partial charge in [-0.2, -0.15) is 5.26 Å². The third-order valence-corrected chi connectivity index (χ3v) is 1.45. The summed E-state index contributed by atoms with van der Waals surface area (Å²) in [5.74, 6) is -0.114. The maximum Gasteiger partial charge on any atom is 0.224 e. The average Bonchev–Trinajstić information content (AvgIpc) is 2.04. The molecule has 0 saturated carbocycles. The largest absolute Gasteiger partial charge is 0.299 e. The Labute approximate surface area is 65.2 Å². The molecule has 0 radical (unpaired) electrons. The van der Waals surface area contributed by atoms with E-state index in [0.717, 1.165) is 0 Å². The lowest BCUT2D eigenvalue weighted by Gasteiger charge is -2.21. The van der Waals surface area contributed by atoms with E-state index in [1.54, 1.807) is 24.4 Å². The number of hydrogen-bond donors (Lipinski definition) is 0. The Morgan fingerprint density at radius 3 is 2.82 bits per heavy atom. The monoisotopic (exact) mass is 148 g/mol. The molecule has 3 nitrogen and oxygen atoms in total. The summed E-state index contributed by atoms with van der Waals surface area (Å²) in [5.41, 5.74) is 0. The van der Waals surface area contributed by atoms with Crippen molar-refractivity contribution < 1.29 is 4.79 Å². The van der Waals surface area contributed by atoms with Crippen molar-refractivity contribution in [2.75, 3.05) is 0 Å². The van der Waals surface area contributed by atoms with Gasteiger partial charge in [-0.25, -0.2) is 0 Å². The van der Waals surface area contributed by atoms with Crippen LogP contribution in [0.2, 0.25) is 0 Å². The van der Waals surface area contributed by atoms with Crippen LogP contribution in [0.3, 0.4) is 0 Å². The third kappa shape index (κ3) is 1.47. The number of carbonyl (C=O) groups excluding carboxylic acids is 1. The van der Waals surface area contributed by atoms with E-state index in [0.29, 0.717) is 0 Å². The highest BCUT2D eigenvalue weighted by Gasteiger charge is 2.16. The first-order valence-electron chi connectivity index (χ1n) is 3.29. The second-order valence-electron chi connectivity index (χ2n) is 2.23. The summed E-state index contributed by atoms with van der Waals surface area (Å²) < 4.78 is 0. The molecule has 0 aromatic carbocycles. The van der Waals surface area contributed by atoms with Crippen LogP contribution in [0.5, 0.6) is 0 Å². The Balaban J connectivity index is 2.81. The first kappa shape index (κ1) is 7.55. The van der Waals surface area contributed by atoms with Gasteiger partial charge in [-0.05, 0) is 12.2 Å². The highest BCUT2D eigenvalue weighted by atomic mass is 16.2. The molecule has 1 amide bonds. The van der Waals surface area contributed by atoms with Crippen LogP contribution in [0.4, 0.5) is 0 Å². The number of hydrogen-bond acceptors (Lipinski definition) is 2. The predicted molar refractivity (Wildman–Crippen MR) is 40.2 cm³/mol. The Morgan fingerprint density at radius 1 is 1.64 bits per heavy atom. The van der Waals surface area contributed by atoms with E-state index in [9.17, 15) is 4.79 Å². The number of nitrogens with zero attached hydrogens (tertiary/aromatic N) is 2. The first-order valence-corrected chi connectivity index (χ1v) is 3.29. The molecule has 3 heteroatoms. The molecule has 1 aliphatic heterocycles.